The number of carbonyl (C=O) groups excluding carboxylic acids is 1. The number of para-hydroxylation sites is 1. The molecule has 1 aliphatic heterocycles. The van der Waals surface area contributed by atoms with E-state index in [0.717, 1.165) is 29.7 Å². The number of hydrogen-bond donors (Lipinski definition) is 0. The van der Waals surface area contributed by atoms with Crippen LogP contribution in [0.3, 0.4) is 0 Å². The topological polar surface area (TPSA) is 70.6 Å². The highest BCUT2D eigenvalue weighted by atomic mass is 32.2. The van der Waals surface area contributed by atoms with Crippen molar-refractivity contribution in [3.05, 3.63) is 59.9 Å². The number of aromatic nitrogens is 1. The SMILES string of the molecule is CN(CCc1ccncc1)C(=O)CCS(=O)(=O)N1CCc2ccccc21. The Balaban J connectivity index is 1.53. The average Bonchev–Trinajstić information content (AvgIpc) is 3.10. The normalized spacial score (nSPS) is 13.5. The molecule has 26 heavy (non-hydrogen) atoms. The van der Waals surface area contributed by atoms with E-state index in [4.69, 9.17) is 0 Å². The number of sulfonamides is 1. The summed E-state index contributed by atoms with van der Waals surface area (Å²) in [5.74, 6) is -0.324. The number of pyridine rings is 1. The number of carbonyl (C=O) groups is 1. The minimum atomic E-state index is -3.49. The molecule has 0 spiro atoms. The van der Waals surface area contributed by atoms with Crippen molar-refractivity contribution in [1.82, 2.24) is 9.88 Å². The van der Waals surface area contributed by atoms with E-state index in [-0.39, 0.29) is 18.1 Å². The van der Waals surface area contributed by atoms with E-state index in [1.54, 1.807) is 24.3 Å². The van der Waals surface area contributed by atoms with Gasteiger partial charge >= 0.3 is 0 Å². The van der Waals surface area contributed by atoms with E-state index >= 15 is 0 Å². The molecular formula is C19H23N3O3S. The Kier molecular flexibility index (Phi) is 5.56. The second-order valence-electron chi connectivity index (χ2n) is 6.44. The van der Waals surface area contributed by atoms with Gasteiger partial charge in [-0.3, -0.25) is 14.1 Å². The van der Waals surface area contributed by atoms with Crippen LogP contribution in [0.5, 0.6) is 0 Å². The Morgan fingerprint density at radius 2 is 1.92 bits per heavy atom. The molecule has 0 saturated heterocycles. The molecule has 1 aromatic carbocycles. The molecule has 0 N–H and O–H groups in total. The first-order valence-corrected chi connectivity index (χ1v) is 10.3. The fourth-order valence-corrected chi connectivity index (χ4v) is 4.59. The van der Waals surface area contributed by atoms with Gasteiger partial charge in [0.25, 0.3) is 0 Å². The maximum Gasteiger partial charge on any atom is 0.235 e. The average molecular weight is 373 g/mol. The first kappa shape index (κ1) is 18.4. The quantitative estimate of drug-likeness (QED) is 0.743. The summed E-state index contributed by atoms with van der Waals surface area (Å²) in [6, 6.07) is 11.3. The zero-order valence-electron chi connectivity index (χ0n) is 14.8. The number of anilines is 1. The van der Waals surface area contributed by atoms with Crippen LogP contribution in [0.25, 0.3) is 0 Å². The molecular weight excluding hydrogens is 350 g/mol. The summed E-state index contributed by atoms with van der Waals surface area (Å²) in [7, 11) is -1.78. The summed E-state index contributed by atoms with van der Waals surface area (Å²) in [4.78, 5) is 17.9. The number of fused-ring (bicyclic) bond motifs is 1. The van der Waals surface area contributed by atoms with Crippen molar-refractivity contribution in [1.29, 1.82) is 0 Å². The summed E-state index contributed by atoms with van der Waals surface area (Å²) in [6.07, 6.45) is 4.87. The molecule has 0 saturated carbocycles. The number of hydrogen-bond acceptors (Lipinski definition) is 4. The van der Waals surface area contributed by atoms with Gasteiger partial charge in [-0.15, -0.1) is 0 Å². The smallest absolute Gasteiger partial charge is 0.235 e. The molecule has 1 amide bonds. The van der Waals surface area contributed by atoms with E-state index in [2.05, 4.69) is 4.98 Å². The summed E-state index contributed by atoms with van der Waals surface area (Å²) in [6.45, 7) is 1.00. The summed E-state index contributed by atoms with van der Waals surface area (Å²) in [5, 5.41) is 0. The lowest BCUT2D eigenvalue weighted by Gasteiger charge is -2.21. The maximum atomic E-state index is 12.7. The lowest BCUT2D eigenvalue weighted by molar-refractivity contribution is -0.129. The predicted octanol–water partition coefficient (Wildman–Crippen LogP) is 1.87. The fraction of sp³-hybridized carbons (Fsp3) is 0.368. The van der Waals surface area contributed by atoms with Crippen molar-refractivity contribution in [2.24, 2.45) is 0 Å². The van der Waals surface area contributed by atoms with Crippen LogP contribution >= 0.6 is 0 Å². The molecule has 7 heteroatoms. The number of nitrogens with zero attached hydrogens (tertiary/aromatic N) is 3. The highest BCUT2D eigenvalue weighted by molar-refractivity contribution is 7.92. The van der Waals surface area contributed by atoms with Crippen LogP contribution in [0.1, 0.15) is 17.5 Å². The van der Waals surface area contributed by atoms with Gasteiger partial charge in [0.2, 0.25) is 15.9 Å². The Hall–Kier alpha value is -2.41. The molecule has 0 unspecified atom stereocenters. The van der Waals surface area contributed by atoms with Crippen molar-refractivity contribution in [3.63, 3.8) is 0 Å². The van der Waals surface area contributed by atoms with Crippen molar-refractivity contribution < 1.29 is 13.2 Å². The fourth-order valence-electron chi connectivity index (χ4n) is 3.09. The number of amides is 1. The van der Waals surface area contributed by atoms with E-state index in [9.17, 15) is 13.2 Å². The van der Waals surface area contributed by atoms with Crippen LogP contribution in [-0.4, -0.2) is 50.1 Å². The van der Waals surface area contributed by atoms with Crippen molar-refractivity contribution >= 4 is 21.6 Å². The molecule has 1 aliphatic rings. The molecule has 0 aliphatic carbocycles. The summed E-state index contributed by atoms with van der Waals surface area (Å²) >= 11 is 0. The summed E-state index contributed by atoms with van der Waals surface area (Å²) < 4.78 is 26.7. The Bertz CT molecular complexity index is 869. The van der Waals surface area contributed by atoms with Crippen molar-refractivity contribution in [3.8, 4) is 0 Å². The third-order valence-electron chi connectivity index (χ3n) is 4.67. The molecule has 6 nitrogen and oxygen atoms in total. The number of benzene rings is 1. The molecule has 1 aromatic heterocycles. The highest BCUT2D eigenvalue weighted by Crippen LogP contribution is 2.30. The molecule has 3 rings (SSSR count). The zero-order chi connectivity index (χ0) is 18.6. The largest absolute Gasteiger partial charge is 0.345 e. The van der Waals surface area contributed by atoms with Crippen LogP contribution in [-0.2, 0) is 27.7 Å². The van der Waals surface area contributed by atoms with Crippen LogP contribution in [0.4, 0.5) is 5.69 Å². The molecule has 138 valence electrons. The van der Waals surface area contributed by atoms with Gasteiger partial charge in [0.1, 0.15) is 0 Å². The van der Waals surface area contributed by atoms with E-state index in [1.807, 2.05) is 36.4 Å². The van der Waals surface area contributed by atoms with Crippen molar-refractivity contribution in [2.45, 2.75) is 19.3 Å². The Morgan fingerprint density at radius 1 is 1.19 bits per heavy atom. The number of likely N-dealkylation sites (N-methyl/N-ethyl adjacent to an activating group) is 1. The van der Waals surface area contributed by atoms with Gasteiger partial charge in [-0.25, -0.2) is 8.42 Å². The molecule has 0 atom stereocenters. The number of rotatable bonds is 7. The monoisotopic (exact) mass is 373 g/mol. The van der Waals surface area contributed by atoms with Gasteiger partial charge in [-0.05, 0) is 42.2 Å². The highest BCUT2D eigenvalue weighted by Gasteiger charge is 2.29. The second-order valence-corrected chi connectivity index (χ2v) is 8.45. The third-order valence-corrected chi connectivity index (χ3v) is 6.44. The van der Waals surface area contributed by atoms with Gasteiger partial charge in [0, 0.05) is 39.0 Å². The Labute approximate surface area is 154 Å². The second kappa shape index (κ2) is 7.86. The van der Waals surface area contributed by atoms with Crippen LogP contribution in [0.15, 0.2) is 48.8 Å². The molecule has 0 fully saturated rings. The maximum absolute atomic E-state index is 12.7. The van der Waals surface area contributed by atoms with Crippen LogP contribution < -0.4 is 4.31 Å². The van der Waals surface area contributed by atoms with Crippen LogP contribution in [0, 0.1) is 0 Å². The Morgan fingerprint density at radius 3 is 2.69 bits per heavy atom. The lowest BCUT2D eigenvalue weighted by atomic mass is 10.2. The van der Waals surface area contributed by atoms with Gasteiger partial charge in [0.05, 0.1) is 11.4 Å². The van der Waals surface area contributed by atoms with Gasteiger partial charge in [-0.2, -0.15) is 0 Å². The zero-order valence-corrected chi connectivity index (χ0v) is 15.7. The first-order chi connectivity index (χ1) is 12.5. The third kappa shape index (κ3) is 4.22. The van der Waals surface area contributed by atoms with E-state index < -0.39 is 10.0 Å². The molecule has 0 radical (unpaired) electrons. The van der Waals surface area contributed by atoms with Gasteiger partial charge in [0.15, 0.2) is 0 Å². The van der Waals surface area contributed by atoms with E-state index in [1.165, 1.54) is 4.31 Å². The van der Waals surface area contributed by atoms with Crippen molar-refractivity contribution in [2.75, 3.05) is 30.2 Å². The minimum absolute atomic E-state index is 0.00611. The molecule has 0 bridgehead atoms. The molecule has 2 heterocycles. The predicted molar refractivity (Wildman–Crippen MR) is 101 cm³/mol. The first-order valence-electron chi connectivity index (χ1n) is 8.68. The van der Waals surface area contributed by atoms with Gasteiger partial charge in [-0.1, -0.05) is 18.2 Å². The minimum Gasteiger partial charge on any atom is -0.345 e. The molecule has 2 aromatic rings. The van der Waals surface area contributed by atoms with E-state index in [0.29, 0.717) is 13.1 Å². The summed E-state index contributed by atoms with van der Waals surface area (Å²) in [5.41, 5.74) is 2.88. The van der Waals surface area contributed by atoms with Gasteiger partial charge < -0.3 is 4.90 Å². The standard InChI is InChI=1S/C19H23N3O3S/c1-21(13-8-16-6-11-20-12-7-16)19(23)10-15-26(24,25)22-14-9-17-4-2-3-5-18(17)22/h2-7,11-12H,8-10,13-15H2,1H3. The lowest BCUT2D eigenvalue weighted by Crippen LogP contribution is -2.35. The van der Waals surface area contributed by atoms with Crippen LogP contribution in [0.2, 0.25) is 0 Å².